The van der Waals surface area contributed by atoms with Gasteiger partial charge in [-0.25, -0.2) is 0 Å². The first-order valence-electron chi connectivity index (χ1n) is 8.24. The summed E-state index contributed by atoms with van der Waals surface area (Å²) in [7, 11) is 0. The molecule has 25 heavy (non-hydrogen) atoms. The molecule has 0 spiro atoms. The summed E-state index contributed by atoms with van der Waals surface area (Å²) >= 11 is 11.9. The highest BCUT2D eigenvalue weighted by Gasteiger charge is 2.21. The van der Waals surface area contributed by atoms with Crippen LogP contribution in [0.15, 0.2) is 18.2 Å². The Labute approximate surface area is 157 Å². The van der Waals surface area contributed by atoms with E-state index in [1.165, 1.54) is 0 Å². The fourth-order valence-electron chi connectivity index (χ4n) is 2.60. The highest BCUT2D eigenvalue weighted by atomic mass is 35.5. The lowest BCUT2D eigenvalue weighted by Crippen LogP contribution is -2.51. The summed E-state index contributed by atoms with van der Waals surface area (Å²) in [4.78, 5) is 26.8. The number of hydrogen-bond acceptors (Lipinski definition) is 4. The van der Waals surface area contributed by atoms with Crippen molar-refractivity contribution in [1.29, 1.82) is 0 Å². The Morgan fingerprint density at radius 3 is 2.56 bits per heavy atom. The molecule has 1 fully saturated rings. The van der Waals surface area contributed by atoms with E-state index >= 15 is 0 Å². The normalized spacial score (nSPS) is 17.6. The molecule has 1 aliphatic heterocycles. The van der Waals surface area contributed by atoms with Gasteiger partial charge >= 0.3 is 0 Å². The van der Waals surface area contributed by atoms with Gasteiger partial charge in [-0.05, 0) is 26.0 Å². The molecule has 8 heteroatoms. The lowest BCUT2D eigenvalue weighted by molar-refractivity contribution is -0.123. The number of rotatable bonds is 6. The molecule has 0 aliphatic carbocycles. The number of nitrogens with one attached hydrogen (secondary N) is 2. The van der Waals surface area contributed by atoms with Crippen LogP contribution >= 0.6 is 23.2 Å². The molecule has 1 aromatic rings. The topological polar surface area (TPSA) is 70.7 Å². The third-order valence-electron chi connectivity index (χ3n) is 3.96. The van der Waals surface area contributed by atoms with Crippen LogP contribution in [0.2, 0.25) is 10.0 Å². The van der Waals surface area contributed by atoms with E-state index in [0.29, 0.717) is 18.2 Å². The first-order chi connectivity index (χ1) is 11.9. The number of nitrogens with zero attached hydrogens (tertiary/aromatic N) is 1. The van der Waals surface area contributed by atoms with Gasteiger partial charge < -0.3 is 15.4 Å². The predicted octanol–water partition coefficient (Wildman–Crippen LogP) is 1.95. The smallest absolute Gasteiger partial charge is 0.253 e. The summed E-state index contributed by atoms with van der Waals surface area (Å²) in [6.07, 6.45) is 0. The third-order valence-corrected chi connectivity index (χ3v) is 4.78. The minimum Gasteiger partial charge on any atom is -0.379 e. The standard InChI is InChI=1S/C17H23Cl2N3O3/c1-11(10-22-6-8-25-9-7-22)20-16(23)12(2)21-17(24)13-4-3-5-14(18)15(13)19/h3-5,11-12H,6-10H2,1-2H3,(H,20,23)(H,21,24). The Hall–Kier alpha value is -1.34. The molecule has 138 valence electrons. The maximum atomic E-state index is 12.3. The van der Waals surface area contributed by atoms with Gasteiger partial charge in [-0.15, -0.1) is 0 Å². The van der Waals surface area contributed by atoms with E-state index in [4.69, 9.17) is 27.9 Å². The summed E-state index contributed by atoms with van der Waals surface area (Å²) in [5.41, 5.74) is 0.246. The van der Waals surface area contributed by atoms with E-state index in [1.54, 1.807) is 25.1 Å². The molecule has 2 unspecified atom stereocenters. The maximum Gasteiger partial charge on any atom is 0.253 e. The van der Waals surface area contributed by atoms with E-state index in [9.17, 15) is 9.59 Å². The van der Waals surface area contributed by atoms with Crippen LogP contribution in [0.1, 0.15) is 24.2 Å². The summed E-state index contributed by atoms with van der Waals surface area (Å²) in [5, 5.41) is 6.03. The van der Waals surface area contributed by atoms with E-state index < -0.39 is 11.9 Å². The zero-order valence-electron chi connectivity index (χ0n) is 14.4. The maximum absolute atomic E-state index is 12.3. The SMILES string of the molecule is CC(CN1CCOCC1)NC(=O)C(C)NC(=O)c1cccc(Cl)c1Cl. The number of hydrogen-bond donors (Lipinski definition) is 2. The van der Waals surface area contributed by atoms with Gasteiger partial charge in [-0.2, -0.15) is 0 Å². The largest absolute Gasteiger partial charge is 0.379 e. The molecule has 0 saturated carbocycles. The van der Waals surface area contributed by atoms with Crippen molar-refractivity contribution in [1.82, 2.24) is 15.5 Å². The minimum atomic E-state index is -0.685. The molecule has 2 rings (SSSR count). The molecule has 6 nitrogen and oxygen atoms in total. The lowest BCUT2D eigenvalue weighted by Gasteiger charge is -2.29. The number of carbonyl (C=O) groups excluding carboxylic acids is 2. The number of morpholine rings is 1. The summed E-state index contributed by atoms with van der Waals surface area (Å²) in [6.45, 7) is 7.47. The van der Waals surface area contributed by atoms with Crippen molar-refractivity contribution < 1.29 is 14.3 Å². The minimum absolute atomic E-state index is 0.0280. The monoisotopic (exact) mass is 387 g/mol. The molecular formula is C17H23Cl2N3O3. The zero-order valence-corrected chi connectivity index (χ0v) is 15.9. The number of ether oxygens (including phenoxy) is 1. The molecule has 2 atom stereocenters. The average Bonchev–Trinajstić information content (AvgIpc) is 2.57. The van der Waals surface area contributed by atoms with E-state index in [2.05, 4.69) is 15.5 Å². The van der Waals surface area contributed by atoms with E-state index in [0.717, 1.165) is 19.6 Å². The lowest BCUT2D eigenvalue weighted by atomic mass is 10.2. The molecule has 1 aliphatic rings. The Balaban J connectivity index is 1.84. The number of carbonyl (C=O) groups is 2. The van der Waals surface area contributed by atoms with Gasteiger partial charge in [0.05, 0.1) is 28.8 Å². The molecule has 0 aromatic heterocycles. The average molecular weight is 388 g/mol. The summed E-state index contributed by atoms with van der Waals surface area (Å²) in [6, 6.07) is 4.09. The van der Waals surface area contributed by atoms with Crippen molar-refractivity contribution >= 4 is 35.0 Å². The number of halogens is 2. The van der Waals surface area contributed by atoms with Crippen molar-refractivity contribution in [3.63, 3.8) is 0 Å². The fourth-order valence-corrected chi connectivity index (χ4v) is 2.99. The predicted molar refractivity (Wildman–Crippen MR) is 98.3 cm³/mol. The van der Waals surface area contributed by atoms with Crippen LogP contribution in [0.3, 0.4) is 0 Å². The van der Waals surface area contributed by atoms with E-state index in [1.807, 2.05) is 6.92 Å². The summed E-state index contributed by atoms with van der Waals surface area (Å²) < 4.78 is 5.31. The van der Waals surface area contributed by atoms with Crippen LogP contribution < -0.4 is 10.6 Å². The van der Waals surface area contributed by atoms with E-state index in [-0.39, 0.29) is 22.5 Å². The fraction of sp³-hybridized carbons (Fsp3) is 0.529. The number of amides is 2. The van der Waals surface area contributed by atoms with Crippen molar-refractivity contribution in [2.75, 3.05) is 32.8 Å². The van der Waals surface area contributed by atoms with Gasteiger partial charge in [-0.1, -0.05) is 29.3 Å². The molecule has 1 heterocycles. The summed E-state index contributed by atoms with van der Waals surface area (Å²) in [5.74, 6) is -0.678. The Bertz CT molecular complexity index is 621. The molecule has 2 N–H and O–H groups in total. The van der Waals surface area contributed by atoms with Crippen molar-refractivity contribution in [2.45, 2.75) is 25.9 Å². The Kier molecular flexibility index (Phi) is 7.50. The van der Waals surface area contributed by atoms with Crippen LogP contribution in [-0.2, 0) is 9.53 Å². The van der Waals surface area contributed by atoms with Gasteiger partial charge in [0.1, 0.15) is 6.04 Å². The van der Waals surface area contributed by atoms with Crippen LogP contribution in [0.25, 0.3) is 0 Å². The molecule has 1 aromatic carbocycles. The van der Waals surface area contributed by atoms with Gasteiger partial charge in [-0.3, -0.25) is 14.5 Å². The van der Waals surface area contributed by atoms with Crippen LogP contribution in [-0.4, -0.2) is 61.6 Å². The van der Waals surface area contributed by atoms with Crippen molar-refractivity contribution in [3.8, 4) is 0 Å². The Morgan fingerprint density at radius 1 is 1.20 bits per heavy atom. The third kappa shape index (κ3) is 5.85. The molecule has 0 radical (unpaired) electrons. The van der Waals surface area contributed by atoms with Gasteiger partial charge in [0.15, 0.2) is 0 Å². The highest BCUT2D eigenvalue weighted by Crippen LogP contribution is 2.25. The second kappa shape index (κ2) is 9.38. The van der Waals surface area contributed by atoms with Crippen LogP contribution in [0, 0.1) is 0 Å². The number of benzene rings is 1. The van der Waals surface area contributed by atoms with Gasteiger partial charge in [0.25, 0.3) is 5.91 Å². The molecular weight excluding hydrogens is 365 g/mol. The quantitative estimate of drug-likeness (QED) is 0.782. The van der Waals surface area contributed by atoms with Crippen LogP contribution in [0.5, 0.6) is 0 Å². The first kappa shape index (κ1) is 20.0. The van der Waals surface area contributed by atoms with Crippen LogP contribution in [0.4, 0.5) is 0 Å². The van der Waals surface area contributed by atoms with Crippen molar-refractivity contribution in [3.05, 3.63) is 33.8 Å². The molecule has 1 saturated heterocycles. The van der Waals surface area contributed by atoms with Gasteiger partial charge in [0, 0.05) is 25.7 Å². The second-order valence-electron chi connectivity index (χ2n) is 6.12. The zero-order chi connectivity index (χ0) is 18.4. The molecule has 0 bridgehead atoms. The van der Waals surface area contributed by atoms with Crippen molar-refractivity contribution in [2.24, 2.45) is 0 Å². The highest BCUT2D eigenvalue weighted by molar-refractivity contribution is 6.43. The first-order valence-corrected chi connectivity index (χ1v) is 8.99. The Morgan fingerprint density at radius 2 is 1.88 bits per heavy atom. The second-order valence-corrected chi connectivity index (χ2v) is 6.90. The molecule has 2 amide bonds. The van der Waals surface area contributed by atoms with Gasteiger partial charge in [0.2, 0.25) is 5.91 Å².